The smallest absolute Gasteiger partial charge is 0.172 e. The van der Waals surface area contributed by atoms with E-state index in [1.54, 1.807) is 20.1 Å². The van der Waals surface area contributed by atoms with Crippen molar-refractivity contribution in [2.45, 2.75) is 27.7 Å². The summed E-state index contributed by atoms with van der Waals surface area (Å²) in [6.07, 6.45) is 1.38. The van der Waals surface area contributed by atoms with E-state index in [0.717, 1.165) is 22.3 Å². The summed E-state index contributed by atoms with van der Waals surface area (Å²) in [7, 11) is 1.56. The van der Waals surface area contributed by atoms with Crippen LogP contribution < -0.4 is 4.74 Å². The number of halogens is 1. The van der Waals surface area contributed by atoms with Crippen LogP contribution in [0.4, 0.5) is 10.1 Å². The topological polar surface area (TPSA) is 46.3 Å². The third-order valence-electron chi connectivity index (χ3n) is 3.88. The second-order valence-electron chi connectivity index (χ2n) is 5.86. The first-order valence-electron chi connectivity index (χ1n) is 9.26. The standard InChI is InChI=1S/C22H22FN3O.C2H6/c1-7-25-22(24-5)15(4)26-21-19(14(2)3)12-17(13-20(21)27-6)16-9-8-10-18(23)11-16;1-2/h7-13H,1-2,5H2,3-4,6H3;1-2H3. The molecule has 0 saturated heterocycles. The zero-order valence-corrected chi connectivity index (χ0v) is 17.8. The molecule has 0 saturated carbocycles. The maximum Gasteiger partial charge on any atom is 0.172 e. The Kier molecular flexibility index (Phi) is 9.39. The van der Waals surface area contributed by atoms with Gasteiger partial charge >= 0.3 is 0 Å². The maximum absolute atomic E-state index is 13.6. The van der Waals surface area contributed by atoms with Gasteiger partial charge in [0.05, 0.1) is 12.8 Å². The molecule has 0 atom stereocenters. The van der Waals surface area contributed by atoms with Crippen LogP contribution in [0, 0.1) is 5.82 Å². The van der Waals surface area contributed by atoms with Crippen LogP contribution in [0.5, 0.6) is 5.75 Å². The molecule has 2 aromatic carbocycles. The lowest BCUT2D eigenvalue weighted by Gasteiger charge is -2.15. The molecule has 0 fully saturated rings. The Balaban J connectivity index is 0.00000204. The van der Waals surface area contributed by atoms with Gasteiger partial charge in [0, 0.05) is 11.8 Å². The fourth-order valence-corrected chi connectivity index (χ4v) is 2.59. The lowest BCUT2D eigenvalue weighted by molar-refractivity contribution is 0.416. The molecular formula is C24H28FN3O. The molecule has 2 aromatic rings. The van der Waals surface area contributed by atoms with Crippen LogP contribution in [0.2, 0.25) is 0 Å². The minimum Gasteiger partial charge on any atom is -0.494 e. The van der Waals surface area contributed by atoms with Gasteiger partial charge in [-0.1, -0.05) is 39.1 Å². The summed E-state index contributed by atoms with van der Waals surface area (Å²) in [5, 5.41) is 0. The highest BCUT2D eigenvalue weighted by molar-refractivity contribution is 6.42. The second-order valence-corrected chi connectivity index (χ2v) is 5.86. The number of nitrogens with zero attached hydrogens (tertiary/aromatic N) is 3. The zero-order chi connectivity index (χ0) is 22.0. The van der Waals surface area contributed by atoms with E-state index in [2.05, 4.69) is 34.9 Å². The molecule has 0 N–H and O–H groups in total. The van der Waals surface area contributed by atoms with Gasteiger partial charge in [-0.15, -0.1) is 0 Å². The third-order valence-corrected chi connectivity index (χ3v) is 3.88. The molecule has 0 aromatic heterocycles. The van der Waals surface area contributed by atoms with E-state index in [1.165, 1.54) is 18.3 Å². The number of ether oxygens (including phenoxy) is 1. The van der Waals surface area contributed by atoms with Crippen LogP contribution in [0.25, 0.3) is 16.7 Å². The Morgan fingerprint density at radius 2 is 1.79 bits per heavy atom. The maximum atomic E-state index is 13.6. The molecule has 0 amide bonds. The number of amidine groups is 1. The summed E-state index contributed by atoms with van der Waals surface area (Å²) in [5.41, 5.74) is 4.29. The fraction of sp³-hybridized carbons (Fsp3) is 0.208. The molecule has 0 spiro atoms. The van der Waals surface area contributed by atoms with Crippen molar-refractivity contribution in [3.05, 3.63) is 67.1 Å². The monoisotopic (exact) mass is 393 g/mol. The molecular weight excluding hydrogens is 365 g/mol. The van der Waals surface area contributed by atoms with E-state index in [-0.39, 0.29) is 5.82 Å². The van der Waals surface area contributed by atoms with Crippen molar-refractivity contribution < 1.29 is 9.13 Å². The molecule has 0 aliphatic rings. The summed E-state index contributed by atoms with van der Waals surface area (Å²) in [6, 6.07) is 10.1. The normalized spacial score (nSPS) is 11.2. The first kappa shape index (κ1) is 23.7. The van der Waals surface area contributed by atoms with Crippen molar-refractivity contribution in [2.75, 3.05) is 7.11 Å². The minimum absolute atomic E-state index is 0.302. The van der Waals surface area contributed by atoms with Gasteiger partial charge in [0.1, 0.15) is 17.3 Å². The molecule has 4 nitrogen and oxygen atoms in total. The van der Waals surface area contributed by atoms with Crippen LogP contribution in [0.3, 0.4) is 0 Å². The summed E-state index contributed by atoms with van der Waals surface area (Å²) >= 11 is 0. The molecule has 5 heteroatoms. The largest absolute Gasteiger partial charge is 0.494 e. The quantitative estimate of drug-likeness (QED) is 0.389. The van der Waals surface area contributed by atoms with Gasteiger partial charge < -0.3 is 4.74 Å². The predicted molar refractivity (Wildman–Crippen MR) is 124 cm³/mol. The SMILES string of the molecule is C=CN=C(N=C)C(C)=Nc1c(OC)cc(-c2cccc(F)c2)cc1C(=C)C.CC. The Labute approximate surface area is 172 Å². The van der Waals surface area contributed by atoms with E-state index < -0.39 is 0 Å². The lowest BCUT2D eigenvalue weighted by atomic mass is 9.97. The van der Waals surface area contributed by atoms with Crippen LogP contribution in [0.15, 0.2) is 70.7 Å². The number of hydrogen-bond acceptors (Lipinski definition) is 3. The average Bonchev–Trinajstić information content (AvgIpc) is 2.73. The molecule has 0 aliphatic carbocycles. The first-order chi connectivity index (χ1) is 13.9. The van der Waals surface area contributed by atoms with Crippen LogP contribution >= 0.6 is 0 Å². The van der Waals surface area contributed by atoms with Crippen molar-refractivity contribution in [1.82, 2.24) is 0 Å². The molecule has 29 heavy (non-hydrogen) atoms. The number of methoxy groups -OCH3 is 1. The number of benzene rings is 2. The molecule has 2 rings (SSSR count). The van der Waals surface area contributed by atoms with Crippen LogP contribution in [-0.2, 0) is 0 Å². The van der Waals surface area contributed by atoms with E-state index in [0.29, 0.717) is 23.0 Å². The Morgan fingerprint density at radius 3 is 2.31 bits per heavy atom. The van der Waals surface area contributed by atoms with E-state index in [4.69, 9.17) is 4.74 Å². The Morgan fingerprint density at radius 1 is 1.10 bits per heavy atom. The number of allylic oxidation sites excluding steroid dienone is 1. The van der Waals surface area contributed by atoms with Crippen LogP contribution in [0.1, 0.15) is 33.3 Å². The molecule has 0 bridgehead atoms. The predicted octanol–water partition coefficient (Wildman–Crippen LogP) is 6.90. The fourth-order valence-electron chi connectivity index (χ4n) is 2.59. The molecule has 152 valence electrons. The van der Waals surface area contributed by atoms with Gasteiger partial charge in [-0.3, -0.25) is 0 Å². The van der Waals surface area contributed by atoms with Crippen molar-refractivity contribution in [1.29, 1.82) is 0 Å². The average molecular weight is 394 g/mol. The summed E-state index contributed by atoms with van der Waals surface area (Å²) in [4.78, 5) is 12.6. The van der Waals surface area contributed by atoms with Gasteiger partial charge in [-0.05, 0) is 61.5 Å². The van der Waals surface area contributed by atoms with Gasteiger partial charge in [-0.25, -0.2) is 19.4 Å². The van der Waals surface area contributed by atoms with Crippen molar-refractivity contribution >= 4 is 29.5 Å². The lowest BCUT2D eigenvalue weighted by Crippen LogP contribution is -2.06. The Hall–Kier alpha value is -3.34. The van der Waals surface area contributed by atoms with Crippen molar-refractivity contribution in [2.24, 2.45) is 15.0 Å². The van der Waals surface area contributed by atoms with E-state index in [9.17, 15) is 4.39 Å². The highest BCUT2D eigenvalue weighted by Gasteiger charge is 2.15. The molecule has 0 aliphatic heterocycles. The number of aliphatic imine (C=N–C) groups is 3. The van der Waals surface area contributed by atoms with Crippen LogP contribution in [-0.4, -0.2) is 25.4 Å². The van der Waals surface area contributed by atoms with Gasteiger partial charge in [-0.2, -0.15) is 0 Å². The number of rotatable bonds is 6. The Bertz CT molecular complexity index is 959. The van der Waals surface area contributed by atoms with Gasteiger partial charge in [0.2, 0.25) is 0 Å². The van der Waals surface area contributed by atoms with Gasteiger partial charge in [0.15, 0.2) is 5.84 Å². The van der Waals surface area contributed by atoms with Crippen molar-refractivity contribution in [3.63, 3.8) is 0 Å². The zero-order valence-electron chi connectivity index (χ0n) is 17.8. The highest BCUT2D eigenvalue weighted by atomic mass is 19.1. The van der Waals surface area contributed by atoms with Crippen molar-refractivity contribution in [3.8, 4) is 16.9 Å². The summed E-state index contributed by atoms with van der Waals surface area (Å²) < 4.78 is 19.2. The minimum atomic E-state index is -0.302. The molecule has 0 radical (unpaired) electrons. The van der Waals surface area contributed by atoms with E-state index in [1.807, 2.05) is 39.0 Å². The molecule has 0 unspecified atom stereocenters. The first-order valence-corrected chi connectivity index (χ1v) is 9.26. The van der Waals surface area contributed by atoms with Gasteiger partial charge in [0.25, 0.3) is 0 Å². The van der Waals surface area contributed by atoms with E-state index >= 15 is 0 Å². The third kappa shape index (κ3) is 6.07. The summed E-state index contributed by atoms with van der Waals surface area (Å²) in [5.74, 6) is 0.605. The summed E-state index contributed by atoms with van der Waals surface area (Å²) in [6.45, 7) is 18.8. The number of hydrogen-bond donors (Lipinski definition) is 0. The second kappa shape index (κ2) is 11.5. The highest BCUT2D eigenvalue weighted by Crippen LogP contribution is 2.39. The molecule has 0 heterocycles.